The van der Waals surface area contributed by atoms with Gasteiger partial charge in [-0.3, -0.25) is 4.68 Å². The van der Waals surface area contributed by atoms with Crippen molar-refractivity contribution in [2.45, 2.75) is 42.8 Å². The summed E-state index contributed by atoms with van der Waals surface area (Å²) in [5, 5.41) is 3.89. The number of rotatable bonds is 4. The molecule has 0 unspecified atom stereocenters. The molecular weight excluding hydrogens is 407 g/mol. The van der Waals surface area contributed by atoms with Gasteiger partial charge in [0.2, 0.25) is 10.0 Å². The minimum absolute atomic E-state index is 0.142. The van der Waals surface area contributed by atoms with E-state index in [1.54, 1.807) is 6.07 Å². The number of nitrogens with zero attached hydrogens (tertiary/aromatic N) is 5. The van der Waals surface area contributed by atoms with Gasteiger partial charge in [-0.15, -0.1) is 0 Å². The van der Waals surface area contributed by atoms with Gasteiger partial charge in [-0.2, -0.15) is 22.6 Å². The van der Waals surface area contributed by atoms with Crippen molar-refractivity contribution < 1.29 is 21.6 Å². The Kier molecular flexibility index (Phi) is 5.28. The van der Waals surface area contributed by atoms with E-state index in [1.165, 1.54) is 16.6 Å². The van der Waals surface area contributed by atoms with Crippen LogP contribution < -0.4 is 4.90 Å². The maximum absolute atomic E-state index is 13.2. The molecule has 0 saturated carbocycles. The van der Waals surface area contributed by atoms with E-state index in [0.29, 0.717) is 44.8 Å². The molecule has 4 rings (SSSR count). The summed E-state index contributed by atoms with van der Waals surface area (Å²) in [6.07, 6.45) is 1.03. The third-order valence-corrected chi connectivity index (χ3v) is 7.33. The molecule has 0 radical (unpaired) electrons. The van der Waals surface area contributed by atoms with Crippen LogP contribution in [0.15, 0.2) is 35.5 Å². The Morgan fingerprint density at radius 3 is 2.45 bits per heavy atom. The van der Waals surface area contributed by atoms with Crippen LogP contribution in [0.3, 0.4) is 0 Å². The maximum Gasteiger partial charge on any atom is 0.433 e. The number of sulfonamides is 1. The molecule has 2 aliphatic heterocycles. The second kappa shape index (κ2) is 7.60. The zero-order valence-electron chi connectivity index (χ0n) is 15.7. The fourth-order valence-electron chi connectivity index (χ4n) is 3.98. The lowest BCUT2D eigenvalue weighted by atomic mass is 10.1. The largest absolute Gasteiger partial charge is 0.433 e. The number of halogens is 3. The van der Waals surface area contributed by atoms with Gasteiger partial charge in [-0.25, -0.2) is 13.4 Å². The average molecular weight is 429 g/mol. The van der Waals surface area contributed by atoms with Crippen LogP contribution in [-0.2, 0) is 16.2 Å². The highest BCUT2D eigenvalue weighted by atomic mass is 32.2. The third kappa shape index (κ3) is 3.97. The Balaban J connectivity index is 1.51. The maximum atomic E-state index is 13.2. The van der Waals surface area contributed by atoms with Crippen LogP contribution in [-0.4, -0.2) is 53.7 Å². The number of alkyl halides is 3. The summed E-state index contributed by atoms with van der Waals surface area (Å²) in [4.78, 5) is 6.31. The van der Waals surface area contributed by atoms with Gasteiger partial charge >= 0.3 is 6.18 Å². The van der Waals surface area contributed by atoms with E-state index in [-0.39, 0.29) is 4.90 Å². The van der Waals surface area contributed by atoms with E-state index in [1.807, 2.05) is 4.90 Å². The standard InChI is InChI=1S/C18H22F3N5O2S/c19-18(20,21)16-7-8-23-26(16)14-4-3-9-24(13-14)17-6-5-15(12-22-17)29(27,28)25-10-1-2-11-25/h5-8,12,14H,1-4,9-11,13H2/t14-/m0/s1. The van der Waals surface area contributed by atoms with Crippen molar-refractivity contribution in [1.29, 1.82) is 0 Å². The molecule has 0 N–H and O–H groups in total. The quantitative estimate of drug-likeness (QED) is 0.748. The zero-order chi connectivity index (χ0) is 20.6. The molecule has 158 valence electrons. The van der Waals surface area contributed by atoms with E-state index in [9.17, 15) is 21.6 Å². The Bertz CT molecular complexity index is 953. The van der Waals surface area contributed by atoms with Crippen LogP contribution in [0.1, 0.15) is 37.4 Å². The van der Waals surface area contributed by atoms with Gasteiger partial charge in [0, 0.05) is 38.6 Å². The van der Waals surface area contributed by atoms with Crippen LogP contribution >= 0.6 is 0 Å². The summed E-state index contributed by atoms with van der Waals surface area (Å²) in [7, 11) is -3.54. The highest BCUT2D eigenvalue weighted by molar-refractivity contribution is 7.89. The smallest absolute Gasteiger partial charge is 0.354 e. The van der Waals surface area contributed by atoms with Crippen molar-refractivity contribution in [3.8, 4) is 0 Å². The number of aromatic nitrogens is 3. The second-order valence-corrected chi connectivity index (χ2v) is 9.30. The monoisotopic (exact) mass is 429 g/mol. The van der Waals surface area contributed by atoms with Crippen LogP contribution in [0.25, 0.3) is 0 Å². The summed E-state index contributed by atoms with van der Waals surface area (Å²) < 4.78 is 67.3. The molecule has 29 heavy (non-hydrogen) atoms. The van der Waals surface area contributed by atoms with Gasteiger partial charge in [0.05, 0.1) is 6.04 Å². The zero-order valence-corrected chi connectivity index (χ0v) is 16.5. The third-order valence-electron chi connectivity index (χ3n) is 5.45. The summed E-state index contributed by atoms with van der Waals surface area (Å²) >= 11 is 0. The number of piperidine rings is 1. The van der Waals surface area contributed by atoms with Gasteiger partial charge in [-0.1, -0.05) is 0 Å². The van der Waals surface area contributed by atoms with Crippen molar-refractivity contribution in [2.75, 3.05) is 31.1 Å². The molecule has 0 aliphatic carbocycles. The topological polar surface area (TPSA) is 71.3 Å². The molecule has 2 saturated heterocycles. The van der Waals surface area contributed by atoms with Crippen LogP contribution in [0.5, 0.6) is 0 Å². The van der Waals surface area contributed by atoms with E-state index in [4.69, 9.17) is 0 Å². The lowest BCUT2D eigenvalue weighted by molar-refractivity contribution is -0.145. The number of hydrogen-bond donors (Lipinski definition) is 0. The first-order valence-electron chi connectivity index (χ1n) is 9.59. The van der Waals surface area contributed by atoms with E-state index < -0.39 is 27.9 Å². The van der Waals surface area contributed by atoms with Crippen LogP contribution in [0.2, 0.25) is 0 Å². The van der Waals surface area contributed by atoms with E-state index >= 15 is 0 Å². The van der Waals surface area contributed by atoms with Gasteiger partial charge in [0.25, 0.3) is 0 Å². The van der Waals surface area contributed by atoms with Gasteiger partial charge < -0.3 is 4.90 Å². The van der Waals surface area contributed by atoms with Crippen LogP contribution in [0, 0.1) is 0 Å². The molecule has 4 heterocycles. The second-order valence-electron chi connectivity index (χ2n) is 7.36. The minimum Gasteiger partial charge on any atom is -0.354 e. The molecule has 2 aromatic rings. The van der Waals surface area contributed by atoms with Crippen LogP contribution in [0.4, 0.5) is 19.0 Å². The fourth-order valence-corrected chi connectivity index (χ4v) is 5.44. The van der Waals surface area contributed by atoms with Crippen molar-refractivity contribution in [2.24, 2.45) is 0 Å². The lowest BCUT2D eigenvalue weighted by Gasteiger charge is -2.34. The molecule has 0 bridgehead atoms. The van der Waals surface area contributed by atoms with Crippen molar-refractivity contribution in [3.63, 3.8) is 0 Å². The molecule has 11 heteroatoms. The summed E-state index contributed by atoms with van der Waals surface area (Å²) in [6.45, 7) is 2.01. The highest BCUT2D eigenvalue weighted by Gasteiger charge is 2.37. The predicted molar refractivity (Wildman–Crippen MR) is 99.9 cm³/mol. The van der Waals surface area contributed by atoms with Gasteiger partial charge in [-0.05, 0) is 43.9 Å². The Hall–Kier alpha value is -2.14. The summed E-state index contributed by atoms with van der Waals surface area (Å²) in [6, 6.07) is 3.70. The molecule has 1 atom stereocenters. The van der Waals surface area contributed by atoms with Gasteiger partial charge in [0.1, 0.15) is 16.4 Å². The molecular formula is C18H22F3N5O2S. The van der Waals surface area contributed by atoms with Crippen molar-refractivity contribution in [3.05, 3.63) is 36.3 Å². The SMILES string of the molecule is O=S(=O)(c1ccc(N2CCC[C@H](n3nccc3C(F)(F)F)C2)nc1)N1CCCC1. The Morgan fingerprint density at radius 2 is 1.79 bits per heavy atom. The van der Waals surface area contributed by atoms with Crippen molar-refractivity contribution in [1.82, 2.24) is 19.1 Å². The fraction of sp³-hybridized carbons (Fsp3) is 0.556. The minimum atomic E-state index is -4.46. The molecule has 7 nitrogen and oxygen atoms in total. The first-order valence-corrected chi connectivity index (χ1v) is 11.0. The lowest BCUT2D eigenvalue weighted by Crippen LogP contribution is -2.38. The molecule has 0 spiro atoms. The molecule has 2 aromatic heterocycles. The summed E-state index contributed by atoms with van der Waals surface area (Å²) in [5.74, 6) is 0.552. The number of anilines is 1. The molecule has 0 amide bonds. The normalized spacial score (nSPS) is 21.6. The number of hydrogen-bond acceptors (Lipinski definition) is 5. The summed E-state index contributed by atoms with van der Waals surface area (Å²) in [5.41, 5.74) is -0.760. The average Bonchev–Trinajstić information content (AvgIpc) is 3.40. The predicted octanol–water partition coefficient (Wildman–Crippen LogP) is 2.92. The Labute approximate surface area is 167 Å². The molecule has 0 aromatic carbocycles. The van der Waals surface area contributed by atoms with E-state index in [2.05, 4.69) is 10.1 Å². The number of pyridine rings is 1. The van der Waals surface area contributed by atoms with Crippen molar-refractivity contribution >= 4 is 15.8 Å². The van der Waals surface area contributed by atoms with Gasteiger partial charge in [0.15, 0.2) is 0 Å². The molecule has 2 aliphatic rings. The highest BCUT2D eigenvalue weighted by Crippen LogP contribution is 2.33. The first-order chi connectivity index (χ1) is 13.8. The molecule has 2 fully saturated rings. The van der Waals surface area contributed by atoms with E-state index in [0.717, 1.165) is 29.8 Å². The Morgan fingerprint density at radius 1 is 1.03 bits per heavy atom. The first kappa shape index (κ1) is 20.1.